The molecule has 4 nitrogen and oxygen atoms in total. The lowest BCUT2D eigenvalue weighted by molar-refractivity contribution is -0.145. The van der Waals surface area contributed by atoms with Crippen molar-refractivity contribution in [2.75, 3.05) is 13.6 Å². The van der Waals surface area contributed by atoms with Crippen LogP contribution >= 0.6 is 0 Å². The SMILES string of the molecule is CN(C(=O)[C@H]1CCC(=O)N(C2CCCC2)C1)C(C1CC1)C1CC1. The second-order valence-corrected chi connectivity index (χ2v) is 8.33. The third kappa shape index (κ3) is 3.14. The Hall–Kier alpha value is -1.06. The van der Waals surface area contributed by atoms with E-state index in [0.717, 1.165) is 31.1 Å². The van der Waals surface area contributed by atoms with Crippen LogP contribution in [0.1, 0.15) is 64.2 Å². The van der Waals surface area contributed by atoms with Gasteiger partial charge in [0.15, 0.2) is 0 Å². The van der Waals surface area contributed by atoms with Gasteiger partial charge in [0.1, 0.15) is 0 Å². The quantitative estimate of drug-likeness (QED) is 0.782. The first-order valence-electron chi connectivity index (χ1n) is 9.71. The molecule has 4 aliphatic rings. The molecule has 1 aliphatic heterocycles. The van der Waals surface area contributed by atoms with Gasteiger partial charge in [-0.2, -0.15) is 0 Å². The summed E-state index contributed by atoms with van der Waals surface area (Å²) in [6.07, 6.45) is 11.3. The molecule has 3 saturated carbocycles. The molecule has 2 amide bonds. The molecule has 0 N–H and O–H groups in total. The van der Waals surface area contributed by atoms with Crippen LogP contribution in [0.25, 0.3) is 0 Å². The predicted octanol–water partition coefficient (Wildman–Crippen LogP) is 2.81. The van der Waals surface area contributed by atoms with Gasteiger partial charge in [0.05, 0.1) is 5.92 Å². The lowest BCUT2D eigenvalue weighted by atomic mass is 9.93. The minimum absolute atomic E-state index is 0.0401. The Balaban J connectivity index is 1.41. The molecule has 0 aromatic heterocycles. The van der Waals surface area contributed by atoms with E-state index in [4.69, 9.17) is 0 Å². The van der Waals surface area contributed by atoms with Crippen LogP contribution in [0.5, 0.6) is 0 Å². The van der Waals surface area contributed by atoms with Gasteiger partial charge < -0.3 is 9.80 Å². The van der Waals surface area contributed by atoms with Gasteiger partial charge in [-0.3, -0.25) is 9.59 Å². The van der Waals surface area contributed by atoms with Crippen molar-refractivity contribution in [1.82, 2.24) is 9.80 Å². The summed E-state index contributed by atoms with van der Waals surface area (Å²) < 4.78 is 0. The Morgan fingerprint density at radius 3 is 2.22 bits per heavy atom. The molecule has 0 bridgehead atoms. The van der Waals surface area contributed by atoms with Crippen LogP contribution in [0, 0.1) is 17.8 Å². The van der Waals surface area contributed by atoms with Crippen molar-refractivity contribution in [1.29, 1.82) is 0 Å². The third-order valence-corrected chi connectivity index (χ3v) is 6.56. The minimum atomic E-state index is 0.0401. The third-order valence-electron chi connectivity index (χ3n) is 6.56. The highest BCUT2D eigenvalue weighted by atomic mass is 16.2. The van der Waals surface area contributed by atoms with Crippen LogP contribution in [0.2, 0.25) is 0 Å². The van der Waals surface area contributed by atoms with Gasteiger partial charge in [0, 0.05) is 32.1 Å². The molecule has 1 atom stereocenters. The van der Waals surface area contributed by atoms with Gasteiger partial charge in [0.2, 0.25) is 11.8 Å². The maximum absolute atomic E-state index is 13.1. The van der Waals surface area contributed by atoms with Crippen LogP contribution in [0.3, 0.4) is 0 Å². The van der Waals surface area contributed by atoms with E-state index in [0.29, 0.717) is 31.0 Å². The first-order valence-corrected chi connectivity index (χ1v) is 9.71. The molecule has 0 aromatic carbocycles. The van der Waals surface area contributed by atoms with Crippen LogP contribution in [-0.4, -0.2) is 47.3 Å². The largest absolute Gasteiger partial charge is 0.342 e. The summed E-state index contributed by atoms with van der Waals surface area (Å²) in [5.41, 5.74) is 0. The van der Waals surface area contributed by atoms with Crippen molar-refractivity contribution in [2.45, 2.75) is 76.3 Å². The second kappa shape index (κ2) is 6.10. The molecule has 23 heavy (non-hydrogen) atoms. The maximum atomic E-state index is 13.1. The predicted molar refractivity (Wildman–Crippen MR) is 88.7 cm³/mol. The van der Waals surface area contributed by atoms with E-state index in [9.17, 15) is 9.59 Å². The summed E-state index contributed by atoms with van der Waals surface area (Å²) in [4.78, 5) is 29.5. The fourth-order valence-corrected chi connectivity index (χ4v) is 4.97. The number of nitrogens with zero attached hydrogens (tertiary/aromatic N) is 2. The number of hydrogen-bond donors (Lipinski definition) is 0. The zero-order valence-corrected chi connectivity index (χ0v) is 14.4. The molecule has 0 radical (unpaired) electrons. The molecule has 1 saturated heterocycles. The van der Waals surface area contributed by atoms with E-state index in [1.165, 1.54) is 38.5 Å². The monoisotopic (exact) mass is 318 g/mol. The number of carbonyl (C=O) groups is 2. The highest BCUT2D eigenvalue weighted by molar-refractivity contribution is 5.84. The van der Waals surface area contributed by atoms with E-state index in [1.807, 2.05) is 7.05 Å². The topological polar surface area (TPSA) is 40.6 Å². The van der Waals surface area contributed by atoms with Crippen LogP contribution in [-0.2, 0) is 9.59 Å². The summed E-state index contributed by atoms with van der Waals surface area (Å²) in [7, 11) is 2.03. The second-order valence-electron chi connectivity index (χ2n) is 8.33. The molecular weight excluding hydrogens is 288 g/mol. The Morgan fingerprint density at radius 2 is 1.65 bits per heavy atom. The van der Waals surface area contributed by atoms with Gasteiger partial charge in [-0.25, -0.2) is 0 Å². The zero-order chi connectivity index (χ0) is 16.0. The molecule has 4 fully saturated rings. The number of piperidine rings is 1. The number of carbonyl (C=O) groups excluding carboxylic acids is 2. The first kappa shape index (κ1) is 15.5. The summed E-state index contributed by atoms with van der Waals surface area (Å²) in [5.74, 6) is 2.15. The van der Waals surface area contributed by atoms with E-state index >= 15 is 0 Å². The molecule has 4 heteroatoms. The molecule has 0 aromatic rings. The Bertz CT molecular complexity index is 466. The van der Waals surface area contributed by atoms with Crippen LogP contribution < -0.4 is 0 Å². The molecule has 4 rings (SSSR count). The average molecular weight is 318 g/mol. The highest BCUT2D eigenvalue weighted by Gasteiger charge is 2.46. The van der Waals surface area contributed by atoms with Crippen molar-refractivity contribution in [2.24, 2.45) is 17.8 Å². The van der Waals surface area contributed by atoms with Crippen LogP contribution in [0.4, 0.5) is 0 Å². The van der Waals surface area contributed by atoms with Gasteiger partial charge in [-0.05, 0) is 56.8 Å². The summed E-state index contributed by atoms with van der Waals surface area (Å²) in [6, 6.07) is 0.895. The Labute approximate surface area is 139 Å². The summed E-state index contributed by atoms with van der Waals surface area (Å²) in [5, 5.41) is 0. The van der Waals surface area contributed by atoms with Crippen molar-refractivity contribution in [3.8, 4) is 0 Å². The van der Waals surface area contributed by atoms with E-state index in [-0.39, 0.29) is 11.8 Å². The summed E-state index contributed by atoms with van der Waals surface area (Å²) in [6.45, 7) is 0.675. The Morgan fingerprint density at radius 1 is 1.04 bits per heavy atom. The summed E-state index contributed by atoms with van der Waals surface area (Å²) >= 11 is 0. The number of rotatable bonds is 5. The van der Waals surface area contributed by atoms with Crippen molar-refractivity contribution >= 4 is 11.8 Å². The van der Waals surface area contributed by atoms with Gasteiger partial charge >= 0.3 is 0 Å². The maximum Gasteiger partial charge on any atom is 0.227 e. The molecule has 3 aliphatic carbocycles. The standard InChI is InChI=1S/C19H30N2O2/c1-20(18(13-6-7-13)14-8-9-14)19(23)15-10-11-17(22)21(12-15)16-4-2-3-5-16/h13-16,18H,2-12H2,1H3/t15-/m0/s1. The molecular formula is C19H30N2O2. The normalized spacial score (nSPS) is 29.4. The average Bonchev–Trinajstić information content (AvgIpc) is 3.49. The van der Waals surface area contributed by atoms with E-state index in [2.05, 4.69) is 9.80 Å². The van der Waals surface area contributed by atoms with Crippen LogP contribution in [0.15, 0.2) is 0 Å². The number of hydrogen-bond acceptors (Lipinski definition) is 2. The smallest absolute Gasteiger partial charge is 0.227 e. The van der Waals surface area contributed by atoms with Gasteiger partial charge in [0.25, 0.3) is 0 Å². The highest BCUT2D eigenvalue weighted by Crippen LogP contribution is 2.47. The molecule has 0 spiro atoms. The zero-order valence-electron chi connectivity index (χ0n) is 14.4. The lowest BCUT2D eigenvalue weighted by Crippen LogP contribution is -2.51. The van der Waals surface area contributed by atoms with Gasteiger partial charge in [-0.15, -0.1) is 0 Å². The van der Waals surface area contributed by atoms with E-state index < -0.39 is 0 Å². The molecule has 0 unspecified atom stereocenters. The number of amides is 2. The van der Waals surface area contributed by atoms with E-state index in [1.54, 1.807) is 0 Å². The van der Waals surface area contributed by atoms with Crippen molar-refractivity contribution in [3.05, 3.63) is 0 Å². The molecule has 1 heterocycles. The van der Waals surface area contributed by atoms with Crippen molar-refractivity contribution in [3.63, 3.8) is 0 Å². The number of likely N-dealkylation sites (tertiary alicyclic amines) is 1. The lowest BCUT2D eigenvalue weighted by Gasteiger charge is -2.39. The fraction of sp³-hybridized carbons (Fsp3) is 0.895. The van der Waals surface area contributed by atoms with Crippen molar-refractivity contribution < 1.29 is 9.59 Å². The first-order chi connectivity index (χ1) is 11.1. The fourth-order valence-electron chi connectivity index (χ4n) is 4.97. The molecule has 128 valence electrons. The Kier molecular flexibility index (Phi) is 4.10. The van der Waals surface area contributed by atoms with Gasteiger partial charge in [-0.1, -0.05) is 12.8 Å². The minimum Gasteiger partial charge on any atom is -0.342 e.